The van der Waals surface area contributed by atoms with E-state index in [0.29, 0.717) is 0 Å². The van der Waals surface area contributed by atoms with Gasteiger partial charge in [0.05, 0.1) is 10.3 Å². The highest BCUT2D eigenvalue weighted by Crippen LogP contribution is 2.51. The van der Waals surface area contributed by atoms with Crippen LogP contribution >= 0.6 is 46.6 Å². The summed E-state index contributed by atoms with van der Waals surface area (Å²) in [5, 5.41) is 11.3. The molecule has 13 nitrogen and oxygen atoms in total. The fourth-order valence-corrected chi connectivity index (χ4v) is 5.71. The predicted molar refractivity (Wildman–Crippen MR) is 136 cm³/mol. The SMILES string of the molecule is CC(=O)Oc1ccc(C(=O)OC[C@]2(C)S[C@H]3[C@H](NC(=O)OCC(Cl)(Cl)Cl)C(=O)N3C2C(=O)O)cc1OC(C)=O. The number of nitrogens with one attached hydrogen (secondary N) is 1. The normalized spacial score (nSPS) is 23.7. The highest BCUT2D eigenvalue weighted by Gasteiger charge is 2.66. The molecule has 2 amide bonds. The smallest absolute Gasteiger partial charge is 0.408 e. The van der Waals surface area contributed by atoms with Crippen LogP contribution in [0, 0.1) is 0 Å². The van der Waals surface area contributed by atoms with Gasteiger partial charge in [-0.25, -0.2) is 14.4 Å². The molecule has 3 rings (SSSR count). The van der Waals surface area contributed by atoms with Crippen molar-refractivity contribution < 1.29 is 52.8 Å². The fourth-order valence-electron chi connectivity index (χ4n) is 3.86. The second-order valence-corrected chi connectivity index (χ2v) is 12.7. The molecule has 4 atom stereocenters. The van der Waals surface area contributed by atoms with Crippen LogP contribution in [-0.2, 0) is 28.7 Å². The van der Waals surface area contributed by atoms with Crippen LogP contribution < -0.4 is 14.8 Å². The highest BCUT2D eigenvalue weighted by molar-refractivity contribution is 8.01. The lowest BCUT2D eigenvalue weighted by molar-refractivity contribution is -0.160. The van der Waals surface area contributed by atoms with E-state index < -0.39 is 75.1 Å². The number of aliphatic carboxylic acids is 1. The van der Waals surface area contributed by atoms with Gasteiger partial charge in [0, 0.05) is 13.8 Å². The molecule has 1 unspecified atom stereocenters. The van der Waals surface area contributed by atoms with Crippen molar-refractivity contribution in [1.82, 2.24) is 10.2 Å². The summed E-state index contributed by atoms with van der Waals surface area (Å²) < 4.78 is 16.9. The Bertz CT molecular complexity index is 1220. The number of alkyl halides is 3. The molecule has 2 N–H and O–H groups in total. The van der Waals surface area contributed by atoms with Gasteiger partial charge >= 0.3 is 30.0 Å². The van der Waals surface area contributed by atoms with Crippen LogP contribution in [0.3, 0.4) is 0 Å². The minimum absolute atomic E-state index is 0.0868. The molecule has 0 bridgehead atoms. The first-order valence-electron chi connectivity index (χ1n) is 10.9. The summed E-state index contributed by atoms with van der Waals surface area (Å²) in [7, 11) is 0. The Morgan fingerprint density at radius 1 is 1.08 bits per heavy atom. The van der Waals surface area contributed by atoms with E-state index in [1.807, 2.05) is 0 Å². The molecule has 1 aromatic rings. The molecule has 2 aliphatic heterocycles. The first-order chi connectivity index (χ1) is 18.0. The number of nitrogens with zero attached hydrogens (tertiary/aromatic N) is 1. The van der Waals surface area contributed by atoms with Crippen molar-refractivity contribution in [3.05, 3.63) is 23.8 Å². The minimum atomic E-state index is -1.87. The van der Waals surface area contributed by atoms with Gasteiger partial charge in [0.1, 0.15) is 30.7 Å². The van der Waals surface area contributed by atoms with Crippen LogP contribution in [0.25, 0.3) is 0 Å². The van der Waals surface area contributed by atoms with E-state index in [-0.39, 0.29) is 17.1 Å². The maximum Gasteiger partial charge on any atom is 0.408 e. The van der Waals surface area contributed by atoms with Crippen LogP contribution in [-0.4, -0.2) is 85.1 Å². The molecule has 212 valence electrons. The summed E-state index contributed by atoms with van der Waals surface area (Å²) in [5.74, 6) is -4.68. The van der Waals surface area contributed by atoms with Crippen LogP contribution in [0.15, 0.2) is 18.2 Å². The van der Waals surface area contributed by atoms with E-state index in [4.69, 9.17) is 53.8 Å². The number of β-lactam (4-membered cyclic amide) rings is 1. The molecule has 0 aliphatic carbocycles. The van der Waals surface area contributed by atoms with Gasteiger partial charge in [-0.1, -0.05) is 34.8 Å². The Kier molecular flexibility index (Phi) is 9.15. The first-order valence-corrected chi connectivity index (χ1v) is 12.9. The average Bonchev–Trinajstić information content (AvgIpc) is 3.10. The topological polar surface area (TPSA) is 175 Å². The quantitative estimate of drug-likeness (QED) is 0.186. The second kappa shape index (κ2) is 11.7. The van der Waals surface area contributed by atoms with Crippen molar-refractivity contribution in [3.8, 4) is 11.5 Å². The Morgan fingerprint density at radius 3 is 2.26 bits per heavy atom. The first kappa shape index (κ1) is 30.6. The number of carbonyl (C=O) groups excluding carboxylic acids is 5. The van der Waals surface area contributed by atoms with Gasteiger partial charge in [0.15, 0.2) is 11.5 Å². The standard InChI is InChI=1S/C22H21Cl3N2O11S/c1-9(28)37-12-5-4-11(6-13(12)38-10(2)29)19(33)35-7-21(3)15(18(31)32)27-16(30)14(17(27)39-21)26-20(34)36-8-22(23,24)25/h4-6,14-15,17H,7-8H2,1-3H3,(H,26,34)(H,31,32)/t14-,15?,17+,21+/m1/s1. The van der Waals surface area contributed by atoms with Gasteiger partial charge in [-0.15, -0.1) is 11.8 Å². The number of thioether (sulfide) groups is 1. The highest BCUT2D eigenvalue weighted by atomic mass is 35.6. The summed E-state index contributed by atoms with van der Waals surface area (Å²) in [6.07, 6.45) is -1.05. The Labute approximate surface area is 240 Å². The molecule has 0 radical (unpaired) electrons. The molecule has 17 heteroatoms. The van der Waals surface area contributed by atoms with Gasteiger partial charge in [-0.05, 0) is 25.1 Å². The Hall–Kier alpha value is -2.94. The predicted octanol–water partition coefficient (Wildman–Crippen LogP) is 2.29. The molecule has 2 fully saturated rings. The Morgan fingerprint density at radius 2 is 1.69 bits per heavy atom. The number of alkyl carbamates (subject to hydrolysis) is 1. The molecular formula is C22H21Cl3N2O11S. The van der Waals surface area contributed by atoms with Gasteiger partial charge < -0.3 is 34.3 Å². The number of ether oxygens (including phenoxy) is 4. The zero-order chi connectivity index (χ0) is 29.3. The maximum absolute atomic E-state index is 12.8. The number of esters is 3. The van der Waals surface area contributed by atoms with Crippen molar-refractivity contribution in [2.24, 2.45) is 0 Å². The number of carboxylic acid groups (broad SMARTS) is 1. The number of halogens is 3. The summed E-state index contributed by atoms with van der Waals surface area (Å²) >= 11 is 17.6. The molecule has 1 aromatic carbocycles. The second-order valence-electron chi connectivity index (χ2n) is 8.55. The molecule has 2 saturated heterocycles. The van der Waals surface area contributed by atoms with Gasteiger partial charge in [0.25, 0.3) is 0 Å². The van der Waals surface area contributed by atoms with Crippen molar-refractivity contribution >= 4 is 82.4 Å². The zero-order valence-electron chi connectivity index (χ0n) is 20.4. The van der Waals surface area contributed by atoms with E-state index in [2.05, 4.69) is 5.32 Å². The molecule has 0 spiro atoms. The molecule has 39 heavy (non-hydrogen) atoms. The third kappa shape index (κ3) is 7.18. The lowest BCUT2D eigenvalue weighted by atomic mass is 9.95. The number of carbonyl (C=O) groups is 6. The largest absolute Gasteiger partial charge is 0.480 e. The van der Waals surface area contributed by atoms with Crippen molar-refractivity contribution in [3.63, 3.8) is 0 Å². The lowest BCUT2D eigenvalue weighted by Crippen LogP contribution is -2.70. The number of fused-ring (bicyclic) bond motifs is 1. The average molecular weight is 628 g/mol. The number of hydrogen-bond donors (Lipinski definition) is 2. The monoisotopic (exact) mass is 626 g/mol. The number of benzene rings is 1. The van der Waals surface area contributed by atoms with Crippen LogP contribution in [0.1, 0.15) is 31.1 Å². The molecule has 0 aromatic heterocycles. The van der Waals surface area contributed by atoms with Crippen LogP contribution in [0.2, 0.25) is 0 Å². The molecule has 0 saturated carbocycles. The number of carboxylic acids is 1. The van der Waals surface area contributed by atoms with Gasteiger partial charge in [-0.2, -0.15) is 0 Å². The molecule has 2 aliphatic rings. The third-order valence-electron chi connectivity index (χ3n) is 5.38. The van der Waals surface area contributed by atoms with E-state index in [1.165, 1.54) is 19.1 Å². The van der Waals surface area contributed by atoms with Crippen molar-refractivity contribution in [1.29, 1.82) is 0 Å². The fraction of sp³-hybridized carbons (Fsp3) is 0.455. The maximum atomic E-state index is 12.8. The van der Waals surface area contributed by atoms with E-state index in [1.54, 1.807) is 0 Å². The van der Waals surface area contributed by atoms with Crippen LogP contribution in [0.4, 0.5) is 4.79 Å². The van der Waals surface area contributed by atoms with E-state index >= 15 is 0 Å². The third-order valence-corrected chi connectivity index (χ3v) is 7.32. The molecular weight excluding hydrogens is 607 g/mol. The van der Waals surface area contributed by atoms with Gasteiger partial charge in [-0.3, -0.25) is 14.4 Å². The summed E-state index contributed by atoms with van der Waals surface area (Å²) in [6, 6.07) is 1.08. The lowest BCUT2D eigenvalue weighted by Gasteiger charge is -2.43. The van der Waals surface area contributed by atoms with E-state index in [9.17, 15) is 33.9 Å². The summed E-state index contributed by atoms with van der Waals surface area (Å²) in [4.78, 5) is 73.4. The summed E-state index contributed by atoms with van der Waals surface area (Å²) in [6.45, 7) is 2.70. The van der Waals surface area contributed by atoms with Crippen molar-refractivity contribution in [2.45, 2.75) is 46.8 Å². The number of rotatable bonds is 8. The molecule has 2 heterocycles. The summed E-state index contributed by atoms with van der Waals surface area (Å²) in [5.41, 5.74) is -0.0868. The number of amides is 2. The van der Waals surface area contributed by atoms with E-state index in [0.717, 1.165) is 36.6 Å². The van der Waals surface area contributed by atoms with Gasteiger partial charge in [0.2, 0.25) is 9.70 Å². The number of hydrogen-bond acceptors (Lipinski definition) is 11. The Balaban J connectivity index is 1.72. The zero-order valence-corrected chi connectivity index (χ0v) is 23.5. The minimum Gasteiger partial charge on any atom is -0.480 e. The van der Waals surface area contributed by atoms with Crippen molar-refractivity contribution in [2.75, 3.05) is 13.2 Å². The van der Waals surface area contributed by atoms with Crippen LogP contribution in [0.5, 0.6) is 11.5 Å².